The van der Waals surface area contributed by atoms with Crippen molar-refractivity contribution < 1.29 is 4.79 Å². The molecule has 2 heterocycles. The van der Waals surface area contributed by atoms with Gasteiger partial charge in [-0.1, -0.05) is 6.42 Å². The molecule has 0 aromatic carbocycles. The molecule has 1 N–H and O–H groups in total. The molecule has 0 aliphatic carbocycles. The molecule has 0 radical (unpaired) electrons. The molecule has 1 aliphatic heterocycles. The van der Waals surface area contributed by atoms with E-state index in [1.54, 1.807) is 18.6 Å². The Labute approximate surface area is 113 Å². The molecule has 0 bridgehead atoms. The normalized spacial score (nSPS) is 16.6. The SMILES string of the molecule is O=C(CCN1CCCCC1)N/N=C/c1ccncc1. The number of amides is 1. The van der Waals surface area contributed by atoms with Crippen molar-refractivity contribution >= 4 is 12.1 Å². The largest absolute Gasteiger partial charge is 0.303 e. The average molecular weight is 260 g/mol. The van der Waals surface area contributed by atoms with Crippen molar-refractivity contribution in [3.63, 3.8) is 0 Å². The number of carbonyl (C=O) groups excluding carboxylic acids is 1. The molecule has 0 spiro atoms. The predicted octanol–water partition coefficient (Wildman–Crippen LogP) is 1.41. The van der Waals surface area contributed by atoms with Crippen LogP contribution < -0.4 is 5.43 Å². The van der Waals surface area contributed by atoms with Gasteiger partial charge in [0.15, 0.2) is 0 Å². The van der Waals surface area contributed by atoms with Crippen molar-refractivity contribution in [2.24, 2.45) is 5.10 Å². The number of carbonyl (C=O) groups is 1. The van der Waals surface area contributed by atoms with E-state index in [9.17, 15) is 4.79 Å². The van der Waals surface area contributed by atoms with Crippen LogP contribution in [0.5, 0.6) is 0 Å². The first-order valence-electron chi connectivity index (χ1n) is 6.79. The van der Waals surface area contributed by atoms with Crippen molar-refractivity contribution in [1.29, 1.82) is 0 Å². The summed E-state index contributed by atoms with van der Waals surface area (Å²) in [6.07, 6.45) is 9.34. The molecule has 0 saturated carbocycles. The number of hydrazone groups is 1. The first kappa shape index (κ1) is 13.7. The predicted molar refractivity (Wildman–Crippen MR) is 74.9 cm³/mol. The van der Waals surface area contributed by atoms with E-state index in [0.717, 1.165) is 25.2 Å². The number of rotatable bonds is 5. The van der Waals surface area contributed by atoms with Crippen LogP contribution in [0.4, 0.5) is 0 Å². The minimum Gasteiger partial charge on any atom is -0.303 e. The summed E-state index contributed by atoms with van der Waals surface area (Å²) in [7, 11) is 0. The molecular weight excluding hydrogens is 240 g/mol. The molecular formula is C14H20N4O. The fourth-order valence-electron chi connectivity index (χ4n) is 2.13. The number of nitrogens with one attached hydrogen (secondary N) is 1. The van der Waals surface area contributed by atoms with E-state index in [4.69, 9.17) is 0 Å². The number of hydrogen-bond donors (Lipinski definition) is 1. The Morgan fingerprint density at radius 3 is 2.79 bits per heavy atom. The molecule has 1 fully saturated rings. The minimum atomic E-state index is -0.0316. The third-order valence-corrected chi connectivity index (χ3v) is 3.21. The third kappa shape index (κ3) is 5.18. The summed E-state index contributed by atoms with van der Waals surface area (Å²) in [6, 6.07) is 3.67. The van der Waals surface area contributed by atoms with Crippen LogP contribution in [0.2, 0.25) is 0 Å². The van der Waals surface area contributed by atoms with Crippen LogP contribution in [0.1, 0.15) is 31.2 Å². The highest BCUT2D eigenvalue weighted by Crippen LogP contribution is 2.08. The molecule has 5 nitrogen and oxygen atoms in total. The van der Waals surface area contributed by atoms with E-state index >= 15 is 0 Å². The summed E-state index contributed by atoms with van der Waals surface area (Å²) in [4.78, 5) is 17.9. The van der Waals surface area contributed by atoms with Gasteiger partial charge in [-0.15, -0.1) is 0 Å². The lowest BCUT2D eigenvalue weighted by Gasteiger charge is -2.25. The molecule has 0 atom stereocenters. The molecule has 5 heteroatoms. The molecule has 19 heavy (non-hydrogen) atoms. The molecule has 1 aliphatic rings. The van der Waals surface area contributed by atoms with E-state index in [0.29, 0.717) is 6.42 Å². The standard InChI is InChI=1S/C14H20N4O/c19-14(6-11-18-9-2-1-3-10-18)17-16-12-13-4-7-15-8-5-13/h4-5,7-8,12H,1-3,6,9-11H2,(H,17,19)/b16-12+. The highest BCUT2D eigenvalue weighted by atomic mass is 16.2. The van der Waals surface area contributed by atoms with Gasteiger partial charge >= 0.3 is 0 Å². The lowest BCUT2D eigenvalue weighted by Crippen LogP contribution is -2.33. The summed E-state index contributed by atoms with van der Waals surface area (Å²) in [5.74, 6) is -0.0316. The van der Waals surface area contributed by atoms with Crippen molar-refractivity contribution in [3.8, 4) is 0 Å². The zero-order chi connectivity index (χ0) is 13.3. The van der Waals surface area contributed by atoms with Gasteiger partial charge in [0.1, 0.15) is 0 Å². The van der Waals surface area contributed by atoms with Gasteiger partial charge in [-0.2, -0.15) is 5.10 Å². The Morgan fingerprint density at radius 2 is 2.05 bits per heavy atom. The number of likely N-dealkylation sites (tertiary alicyclic amines) is 1. The molecule has 1 amide bonds. The third-order valence-electron chi connectivity index (χ3n) is 3.21. The smallest absolute Gasteiger partial charge is 0.241 e. The van der Waals surface area contributed by atoms with Gasteiger partial charge in [0.2, 0.25) is 5.91 Å². The van der Waals surface area contributed by atoms with Gasteiger partial charge in [0, 0.05) is 25.4 Å². The van der Waals surface area contributed by atoms with E-state index in [-0.39, 0.29) is 5.91 Å². The highest BCUT2D eigenvalue weighted by Gasteiger charge is 2.11. The van der Waals surface area contributed by atoms with Gasteiger partial charge in [0.25, 0.3) is 0 Å². The molecule has 1 aromatic heterocycles. The number of aromatic nitrogens is 1. The molecule has 0 unspecified atom stereocenters. The van der Waals surface area contributed by atoms with Crippen molar-refractivity contribution in [2.75, 3.05) is 19.6 Å². The van der Waals surface area contributed by atoms with Gasteiger partial charge in [-0.25, -0.2) is 5.43 Å². The fourth-order valence-corrected chi connectivity index (χ4v) is 2.13. The van der Waals surface area contributed by atoms with E-state index in [2.05, 4.69) is 20.4 Å². The maximum atomic E-state index is 11.6. The Bertz CT molecular complexity index is 413. The van der Waals surface area contributed by atoms with Crippen LogP contribution in [-0.2, 0) is 4.79 Å². The maximum Gasteiger partial charge on any atom is 0.241 e. The minimum absolute atomic E-state index is 0.0316. The lowest BCUT2D eigenvalue weighted by molar-refractivity contribution is -0.121. The van der Waals surface area contributed by atoms with Crippen LogP contribution in [-0.4, -0.2) is 41.6 Å². The topological polar surface area (TPSA) is 57.6 Å². The maximum absolute atomic E-state index is 11.6. The van der Waals surface area contributed by atoms with Crippen molar-refractivity contribution in [1.82, 2.24) is 15.3 Å². The quantitative estimate of drug-likeness (QED) is 0.643. The summed E-state index contributed by atoms with van der Waals surface area (Å²) >= 11 is 0. The number of pyridine rings is 1. The summed E-state index contributed by atoms with van der Waals surface area (Å²) < 4.78 is 0. The second kappa shape index (κ2) is 7.63. The fraction of sp³-hybridized carbons (Fsp3) is 0.500. The second-order valence-corrected chi connectivity index (χ2v) is 4.73. The van der Waals surface area contributed by atoms with E-state index in [1.165, 1.54) is 19.3 Å². The number of piperidine rings is 1. The first-order chi connectivity index (χ1) is 9.34. The lowest BCUT2D eigenvalue weighted by atomic mass is 10.1. The Morgan fingerprint density at radius 1 is 1.32 bits per heavy atom. The van der Waals surface area contributed by atoms with Crippen LogP contribution in [0, 0.1) is 0 Å². The molecule has 2 rings (SSSR count). The summed E-state index contributed by atoms with van der Waals surface area (Å²) in [5, 5.41) is 3.93. The number of nitrogens with zero attached hydrogens (tertiary/aromatic N) is 3. The number of hydrogen-bond acceptors (Lipinski definition) is 4. The van der Waals surface area contributed by atoms with E-state index < -0.39 is 0 Å². The van der Waals surface area contributed by atoms with Gasteiger partial charge < -0.3 is 4.90 Å². The Balaban J connectivity index is 1.65. The van der Waals surface area contributed by atoms with Crippen molar-refractivity contribution in [3.05, 3.63) is 30.1 Å². The highest BCUT2D eigenvalue weighted by molar-refractivity contribution is 5.82. The zero-order valence-electron chi connectivity index (χ0n) is 11.1. The van der Waals surface area contributed by atoms with E-state index in [1.807, 2.05) is 12.1 Å². The van der Waals surface area contributed by atoms with Crippen LogP contribution in [0.15, 0.2) is 29.6 Å². The van der Waals surface area contributed by atoms with Gasteiger partial charge in [-0.3, -0.25) is 9.78 Å². The van der Waals surface area contributed by atoms with Gasteiger partial charge in [-0.05, 0) is 43.6 Å². The van der Waals surface area contributed by atoms with Gasteiger partial charge in [0.05, 0.1) is 6.21 Å². The average Bonchev–Trinajstić information content (AvgIpc) is 2.47. The first-order valence-corrected chi connectivity index (χ1v) is 6.79. The summed E-state index contributed by atoms with van der Waals surface area (Å²) in [6.45, 7) is 3.07. The second-order valence-electron chi connectivity index (χ2n) is 4.73. The van der Waals surface area contributed by atoms with Crippen LogP contribution in [0.3, 0.4) is 0 Å². The molecule has 1 aromatic rings. The summed E-state index contributed by atoms with van der Waals surface area (Å²) in [5.41, 5.74) is 3.48. The zero-order valence-corrected chi connectivity index (χ0v) is 11.1. The molecule has 102 valence electrons. The van der Waals surface area contributed by atoms with Crippen molar-refractivity contribution in [2.45, 2.75) is 25.7 Å². The van der Waals surface area contributed by atoms with Crippen LogP contribution >= 0.6 is 0 Å². The Kier molecular flexibility index (Phi) is 5.49. The Hall–Kier alpha value is -1.75. The van der Waals surface area contributed by atoms with Crippen LogP contribution in [0.25, 0.3) is 0 Å². The monoisotopic (exact) mass is 260 g/mol. The molecule has 1 saturated heterocycles.